The minimum absolute atomic E-state index is 0.0264. The van der Waals surface area contributed by atoms with E-state index in [2.05, 4.69) is 15.5 Å². The number of amides is 1. The number of carbonyl (C=O) groups is 1. The van der Waals surface area contributed by atoms with Crippen molar-refractivity contribution in [3.05, 3.63) is 71.9 Å². The van der Waals surface area contributed by atoms with Crippen molar-refractivity contribution < 1.29 is 9.32 Å². The number of nitrogens with one attached hydrogen (secondary N) is 1. The minimum Gasteiger partial charge on any atom is -0.339 e. The first-order chi connectivity index (χ1) is 11.8. The molecule has 1 N–H and O–H groups in total. The van der Waals surface area contributed by atoms with Crippen molar-refractivity contribution in [2.24, 2.45) is 0 Å². The van der Waals surface area contributed by atoms with Crippen LogP contribution in [-0.2, 0) is 17.6 Å². The van der Waals surface area contributed by atoms with Crippen LogP contribution in [-0.4, -0.2) is 21.3 Å². The van der Waals surface area contributed by atoms with Gasteiger partial charge in [-0.3, -0.25) is 4.79 Å². The second-order valence-electron chi connectivity index (χ2n) is 5.56. The van der Waals surface area contributed by atoms with Gasteiger partial charge in [0.05, 0.1) is 10.9 Å². The van der Waals surface area contributed by atoms with E-state index in [4.69, 9.17) is 4.52 Å². The zero-order valence-electron chi connectivity index (χ0n) is 12.8. The molecule has 24 heavy (non-hydrogen) atoms. The highest BCUT2D eigenvalue weighted by Crippen LogP contribution is 2.36. The molecule has 0 fully saturated rings. The van der Waals surface area contributed by atoms with E-state index in [1.807, 2.05) is 54.6 Å². The summed E-state index contributed by atoms with van der Waals surface area (Å²) in [4.78, 5) is 17.7. The van der Waals surface area contributed by atoms with Crippen LogP contribution in [0, 0.1) is 0 Å². The summed E-state index contributed by atoms with van der Waals surface area (Å²) < 4.78 is 5.32. The molecular weight excluding hydrogens is 322 g/mol. The van der Waals surface area contributed by atoms with Gasteiger partial charge in [-0.25, -0.2) is 0 Å². The van der Waals surface area contributed by atoms with Gasteiger partial charge in [-0.1, -0.05) is 47.6 Å². The fraction of sp³-hybridized carbons (Fsp3) is 0.167. The maximum absolute atomic E-state index is 12.2. The number of hydrogen-bond donors (Lipinski definition) is 1. The first-order valence-electron chi connectivity index (χ1n) is 7.70. The highest BCUT2D eigenvalue weighted by molar-refractivity contribution is 8.01. The molecule has 6 heteroatoms. The second-order valence-corrected chi connectivity index (χ2v) is 6.81. The molecule has 4 rings (SSSR count). The zero-order valence-corrected chi connectivity index (χ0v) is 13.6. The van der Waals surface area contributed by atoms with Crippen LogP contribution in [0.1, 0.15) is 17.3 Å². The van der Waals surface area contributed by atoms with Gasteiger partial charge in [-0.2, -0.15) is 4.98 Å². The minimum atomic E-state index is -0.259. The number of benzene rings is 2. The van der Waals surface area contributed by atoms with Crippen LogP contribution in [0.3, 0.4) is 0 Å². The molecule has 5 nitrogen and oxygen atoms in total. The molecule has 0 aliphatic carbocycles. The fourth-order valence-corrected chi connectivity index (χ4v) is 3.71. The molecule has 1 aromatic heterocycles. The number of anilines is 1. The van der Waals surface area contributed by atoms with Crippen LogP contribution in [0.5, 0.6) is 0 Å². The average Bonchev–Trinajstić information content (AvgIpc) is 3.03. The number of fused-ring (bicyclic) bond motifs is 1. The molecule has 3 aromatic rings. The van der Waals surface area contributed by atoms with Gasteiger partial charge in [-0.05, 0) is 17.7 Å². The lowest BCUT2D eigenvalue weighted by Crippen LogP contribution is -2.30. The van der Waals surface area contributed by atoms with Crippen molar-refractivity contribution in [2.75, 3.05) is 5.32 Å². The normalized spacial score (nSPS) is 16.5. The van der Waals surface area contributed by atoms with Crippen LogP contribution in [0.2, 0.25) is 0 Å². The standard InChI is InChI=1S/C18H15N3O2S/c22-18-15(24-14-9-5-4-8-13(14)19-18)11-17-20-16(21-23-17)10-12-6-2-1-3-7-12/h1-9,15H,10-11H2,(H,19,22)/t15-/m0/s1. The summed E-state index contributed by atoms with van der Waals surface area (Å²) in [6.45, 7) is 0. The van der Waals surface area contributed by atoms with E-state index in [0.717, 1.165) is 16.1 Å². The smallest absolute Gasteiger partial charge is 0.238 e. The Labute approximate surface area is 143 Å². The summed E-state index contributed by atoms with van der Waals surface area (Å²) in [5.74, 6) is 1.10. The first kappa shape index (κ1) is 15.0. The van der Waals surface area contributed by atoms with Crippen LogP contribution in [0.15, 0.2) is 64.0 Å². The van der Waals surface area contributed by atoms with Gasteiger partial charge in [0.2, 0.25) is 11.8 Å². The quantitative estimate of drug-likeness (QED) is 0.791. The Morgan fingerprint density at radius 2 is 1.88 bits per heavy atom. The van der Waals surface area contributed by atoms with E-state index in [-0.39, 0.29) is 11.2 Å². The van der Waals surface area contributed by atoms with E-state index in [1.54, 1.807) is 0 Å². The van der Waals surface area contributed by atoms with Crippen LogP contribution in [0.4, 0.5) is 5.69 Å². The number of carbonyl (C=O) groups excluding carboxylic acids is 1. The molecule has 0 spiro atoms. The van der Waals surface area contributed by atoms with Gasteiger partial charge in [0.25, 0.3) is 0 Å². The molecule has 0 unspecified atom stereocenters. The maximum atomic E-state index is 12.2. The Morgan fingerprint density at radius 3 is 2.75 bits per heavy atom. The maximum Gasteiger partial charge on any atom is 0.238 e. The summed E-state index contributed by atoms with van der Waals surface area (Å²) in [7, 11) is 0. The molecule has 0 saturated heterocycles. The predicted octanol–water partition coefficient (Wildman–Crippen LogP) is 3.32. The summed E-state index contributed by atoms with van der Waals surface area (Å²) in [6, 6.07) is 17.8. The van der Waals surface area contributed by atoms with Gasteiger partial charge in [0.15, 0.2) is 5.82 Å². The average molecular weight is 337 g/mol. The lowest BCUT2D eigenvalue weighted by Gasteiger charge is -2.22. The van der Waals surface area contributed by atoms with Crippen molar-refractivity contribution >= 4 is 23.4 Å². The molecule has 120 valence electrons. The third kappa shape index (κ3) is 3.19. The number of nitrogens with zero attached hydrogens (tertiary/aromatic N) is 2. The van der Waals surface area contributed by atoms with E-state index < -0.39 is 0 Å². The van der Waals surface area contributed by atoms with Crippen LogP contribution in [0.25, 0.3) is 0 Å². The largest absolute Gasteiger partial charge is 0.339 e. The molecule has 0 radical (unpaired) electrons. The van der Waals surface area contributed by atoms with Crippen molar-refractivity contribution in [2.45, 2.75) is 23.0 Å². The summed E-state index contributed by atoms with van der Waals surface area (Å²) >= 11 is 1.53. The Balaban J connectivity index is 1.45. The monoisotopic (exact) mass is 337 g/mol. The van der Waals surface area contributed by atoms with E-state index >= 15 is 0 Å². The van der Waals surface area contributed by atoms with Gasteiger partial charge in [-0.15, -0.1) is 11.8 Å². The molecular formula is C18H15N3O2S. The molecule has 1 aliphatic rings. The van der Waals surface area contributed by atoms with Gasteiger partial charge in [0.1, 0.15) is 0 Å². The number of rotatable bonds is 4. The highest BCUT2D eigenvalue weighted by atomic mass is 32.2. The van der Waals surface area contributed by atoms with Gasteiger partial charge >= 0.3 is 0 Å². The van der Waals surface area contributed by atoms with Crippen molar-refractivity contribution in [1.82, 2.24) is 10.1 Å². The lowest BCUT2D eigenvalue weighted by molar-refractivity contribution is -0.115. The molecule has 1 atom stereocenters. The molecule has 0 saturated carbocycles. The highest BCUT2D eigenvalue weighted by Gasteiger charge is 2.28. The molecule has 2 heterocycles. The number of hydrogen-bond acceptors (Lipinski definition) is 5. The van der Waals surface area contributed by atoms with E-state index in [1.165, 1.54) is 11.8 Å². The van der Waals surface area contributed by atoms with Gasteiger partial charge < -0.3 is 9.84 Å². The first-order valence-corrected chi connectivity index (χ1v) is 8.58. The van der Waals surface area contributed by atoms with Crippen molar-refractivity contribution in [3.8, 4) is 0 Å². The summed E-state index contributed by atoms with van der Waals surface area (Å²) in [6.07, 6.45) is 1.05. The number of aromatic nitrogens is 2. The molecule has 0 bridgehead atoms. The third-order valence-corrected chi connectivity index (χ3v) is 5.06. The lowest BCUT2D eigenvalue weighted by atomic mass is 10.1. The summed E-state index contributed by atoms with van der Waals surface area (Å²) in [5, 5.41) is 6.69. The zero-order chi connectivity index (χ0) is 16.4. The Morgan fingerprint density at radius 1 is 1.08 bits per heavy atom. The van der Waals surface area contributed by atoms with Crippen LogP contribution < -0.4 is 5.32 Å². The molecule has 2 aromatic carbocycles. The third-order valence-electron chi connectivity index (χ3n) is 3.78. The predicted molar refractivity (Wildman–Crippen MR) is 92.0 cm³/mol. The number of para-hydroxylation sites is 1. The molecule has 1 aliphatic heterocycles. The van der Waals surface area contributed by atoms with Crippen molar-refractivity contribution in [3.63, 3.8) is 0 Å². The Hall–Kier alpha value is -2.60. The number of thioether (sulfide) groups is 1. The summed E-state index contributed by atoms with van der Waals surface area (Å²) in [5.41, 5.74) is 1.99. The van der Waals surface area contributed by atoms with Crippen molar-refractivity contribution in [1.29, 1.82) is 0 Å². The molecule has 1 amide bonds. The fourth-order valence-electron chi connectivity index (χ4n) is 2.61. The van der Waals surface area contributed by atoms with E-state index in [9.17, 15) is 4.79 Å². The van der Waals surface area contributed by atoms with E-state index in [0.29, 0.717) is 24.6 Å². The Bertz CT molecular complexity index is 863. The van der Waals surface area contributed by atoms with Crippen LogP contribution >= 0.6 is 11.8 Å². The second kappa shape index (κ2) is 6.49. The Kier molecular flexibility index (Phi) is 4.04. The SMILES string of the molecule is O=C1Nc2ccccc2S[C@H]1Cc1nc(Cc2ccccc2)no1. The van der Waals surface area contributed by atoms with Gasteiger partial charge in [0, 0.05) is 17.7 Å². The topological polar surface area (TPSA) is 68.0 Å².